The first kappa shape index (κ1) is 15.2. The fourth-order valence-electron chi connectivity index (χ4n) is 1.46. The first-order chi connectivity index (χ1) is 9.92. The molecule has 2 aromatic rings. The van der Waals surface area contributed by atoms with Crippen LogP contribution in [-0.2, 0) is 16.6 Å². The average Bonchev–Trinajstić information content (AvgIpc) is 2.48. The second-order valence-corrected chi connectivity index (χ2v) is 5.71. The summed E-state index contributed by atoms with van der Waals surface area (Å²) in [5.41, 5.74) is 2.04. The van der Waals surface area contributed by atoms with E-state index in [0.717, 1.165) is 30.6 Å². The smallest absolute Gasteiger partial charge is 0.243 e. The normalized spacial score (nSPS) is 11.4. The highest BCUT2D eigenvalue weighted by atomic mass is 32.2. The number of aromatic nitrogens is 2. The molecule has 10 heteroatoms. The maximum absolute atomic E-state index is 13.4. The summed E-state index contributed by atoms with van der Waals surface area (Å²) in [4.78, 5) is 7.08. The van der Waals surface area contributed by atoms with Crippen LogP contribution in [0.4, 0.5) is 14.7 Å². The van der Waals surface area contributed by atoms with Gasteiger partial charge >= 0.3 is 0 Å². The van der Waals surface area contributed by atoms with Crippen LogP contribution in [0.1, 0.15) is 5.56 Å². The molecule has 0 aliphatic rings. The molecule has 21 heavy (non-hydrogen) atoms. The number of hydrogen-bond donors (Lipinski definition) is 3. The van der Waals surface area contributed by atoms with Gasteiger partial charge in [0.25, 0.3) is 0 Å². The molecule has 0 bridgehead atoms. The zero-order valence-corrected chi connectivity index (χ0v) is 11.4. The van der Waals surface area contributed by atoms with E-state index in [2.05, 4.69) is 20.1 Å². The number of nitrogen functional groups attached to an aromatic ring is 1. The largest absolute Gasteiger partial charge is 0.292 e. The highest BCUT2D eigenvalue weighted by Gasteiger charge is 2.16. The molecule has 2 rings (SSSR count). The van der Waals surface area contributed by atoms with Gasteiger partial charge in [0.05, 0.1) is 12.4 Å². The Morgan fingerprint density at radius 1 is 1.19 bits per heavy atom. The van der Waals surface area contributed by atoms with Crippen LogP contribution in [0.15, 0.2) is 35.5 Å². The number of anilines is 1. The van der Waals surface area contributed by atoms with E-state index >= 15 is 0 Å². The zero-order chi connectivity index (χ0) is 15.5. The standard InChI is InChI=1S/C11H11F2N5O2S/c12-8-1-2-10(13)7(3-8)4-17-21(19,20)9-5-15-11(18-14)16-6-9/h1-3,5-6,17H,4,14H2,(H,15,16,18). The molecular formula is C11H11F2N5O2S. The Labute approximate surface area is 119 Å². The van der Waals surface area contributed by atoms with Crippen LogP contribution in [-0.4, -0.2) is 18.4 Å². The molecular weight excluding hydrogens is 304 g/mol. The summed E-state index contributed by atoms with van der Waals surface area (Å²) >= 11 is 0. The van der Waals surface area contributed by atoms with E-state index in [0.29, 0.717) is 0 Å². The van der Waals surface area contributed by atoms with Crippen molar-refractivity contribution in [3.63, 3.8) is 0 Å². The van der Waals surface area contributed by atoms with Gasteiger partial charge in [0, 0.05) is 12.1 Å². The number of benzene rings is 1. The Morgan fingerprint density at radius 2 is 1.86 bits per heavy atom. The summed E-state index contributed by atoms with van der Waals surface area (Å²) in [5, 5.41) is 0. The van der Waals surface area contributed by atoms with Crippen molar-refractivity contribution in [3.8, 4) is 0 Å². The van der Waals surface area contributed by atoms with E-state index < -0.39 is 28.2 Å². The third kappa shape index (κ3) is 3.68. The van der Waals surface area contributed by atoms with Crippen molar-refractivity contribution in [2.75, 3.05) is 5.43 Å². The topological polar surface area (TPSA) is 110 Å². The molecule has 0 saturated heterocycles. The van der Waals surface area contributed by atoms with E-state index in [1.54, 1.807) is 0 Å². The predicted molar refractivity (Wildman–Crippen MR) is 70.2 cm³/mol. The summed E-state index contributed by atoms with van der Waals surface area (Å²) in [6, 6.07) is 2.78. The summed E-state index contributed by atoms with van der Waals surface area (Å²) < 4.78 is 52.4. The number of nitrogens with two attached hydrogens (primary N) is 1. The van der Waals surface area contributed by atoms with Crippen LogP contribution < -0.4 is 16.0 Å². The van der Waals surface area contributed by atoms with E-state index in [4.69, 9.17) is 5.84 Å². The molecule has 0 saturated carbocycles. The van der Waals surface area contributed by atoms with Crippen LogP contribution in [0.25, 0.3) is 0 Å². The van der Waals surface area contributed by atoms with Gasteiger partial charge in [-0.2, -0.15) is 0 Å². The molecule has 1 aromatic carbocycles. The highest BCUT2D eigenvalue weighted by Crippen LogP contribution is 2.12. The van der Waals surface area contributed by atoms with Crippen molar-refractivity contribution < 1.29 is 17.2 Å². The minimum absolute atomic E-state index is 0.0464. The molecule has 0 amide bonds. The molecule has 0 radical (unpaired) electrons. The Bertz CT molecular complexity index is 737. The zero-order valence-electron chi connectivity index (χ0n) is 10.5. The van der Waals surface area contributed by atoms with Gasteiger partial charge in [0.2, 0.25) is 16.0 Å². The molecule has 0 aliphatic heterocycles. The number of hydrogen-bond acceptors (Lipinski definition) is 6. The first-order valence-corrected chi connectivity index (χ1v) is 7.13. The van der Waals surface area contributed by atoms with E-state index in [-0.39, 0.29) is 16.4 Å². The summed E-state index contributed by atoms with van der Waals surface area (Å²) in [7, 11) is -3.95. The quantitative estimate of drug-likeness (QED) is 0.548. The fraction of sp³-hybridized carbons (Fsp3) is 0.0909. The molecule has 112 valence electrons. The summed E-state index contributed by atoms with van der Waals surface area (Å²) in [6.45, 7) is -0.400. The molecule has 0 spiro atoms. The first-order valence-electron chi connectivity index (χ1n) is 5.64. The average molecular weight is 315 g/mol. The second-order valence-electron chi connectivity index (χ2n) is 3.95. The Balaban J connectivity index is 2.15. The van der Waals surface area contributed by atoms with Crippen molar-refractivity contribution >= 4 is 16.0 Å². The van der Waals surface area contributed by atoms with Crippen LogP contribution >= 0.6 is 0 Å². The Hall–Kier alpha value is -2.17. The van der Waals surface area contributed by atoms with Gasteiger partial charge in [0.15, 0.2) is 0 Å². The van der Waals surface area contributed by atoms with Crippen molar-refractivity contribution in [1.29, 1.82) is 0 Å². The van der Waals surface area contributed by atoms with Gasteiger partial charge in [-0.15, -0.1) is 0 Å². The van der Waals surface area contributed by atoms with E-state index in [1.165, 1.54) is 0 Å². The van der Waals surface area contributed by atoms with Crippen molar-refractivity contribution in [2.24, 2.45) is 5.84 Å². The third-order valence-electron chi connectivity index (χ3n) is 2.53. The lowest BCUT2D eigenvalue weighted by Gasteiger charge is -2.07. The van der Waals surface area contributed by atoms with Crippen LogP contribution in [0.3, 0.4) is 0 Å². The number of nitrogens with one attached hydrogen (secondary N) is 2. The van der Waals surface area contributed by atoms with Crippen molar-refractivity contribution in [3.05, 3.63) is 47.8 Å². The maximum atomic E-state index is 13.4. The highest BCUT2D eigenvalue weighted by molar-refractivity contribution is 7.89. The summed E-state index contributed by atoms with van der Waals surface area (Å²) in [6.07, 6.45) is 2.07. The minimum Gasteiger partial charge on any atom is -0.292 e. The van der Waals surface area contributed by atoms with E-state index in [9.17, 15) is 17.2 Å². The molecule has 1 aromatic heterocycles. The Morgan fingerprint density at radius 3 is 2.48 bits per heavy atom. The molecule has 0 aliphatic carbocycles. The molecule has 0 fully saturated rings. The van der Waals surface area contributed by atoms with Crippen molar-refractivity contribution in [2.45, 2.75) is 11.4 Å². The molecule has 1 heterocycles. The number of nitrogens with zero attached hydrogens (tertiary/aromatic N) is 2. The lowest BCUT2D eigenvalue weighted by Crippen LogP contribution is -2.24. The lowest BCUT2D eigenvalue weighted by atomic mass is 10.2. The SMILES string of the molecule is NNc1ncc(S(=O)(=O)NCc2cc(F)ccc2F)cn1. The summed E-state index contributed by atoms with van der Waals surface area (Å²) in [5.74, 6) is 3.73. The lowest BCUT2D eigenvalue weighted by molar-refractivity contribution is 0.566. The van der Waals surface area contributed by atoms with Crippen LogP contribution in [0, 0.1) is 11.6 Å². The van der Waals surface area contributed by atoms with Gasteiger partial charge in [-0.25, -0.2) is 37.7 Å². The van der Waals surface area contributed by atoms with Gasteiger partial charge in [-0.05, 0) is 18.2 Å². The Kier molecular flexibility index (Phi) is 4.40. The van der Waals surface area contributed by atoms with Gasteiger partial charge in [-0.3, -0.25) is 5.43 Å². The fourth-order valence-corrected chi connectivity index (χ4v) is 2.36. The third-order valence-corrected chi connectivity index (χ3v) is 3.88. The second kappa shape index (κ2) is 6.08. The monoisotopic (exact) mass is 315 g/mol. The molecule has 0 unspecified atom stereocenters. The van der Waals surface area contributed by atoms with Gasteiger partial charge < -0.3 is 0 Å². The van der Waals surface area contributed by atoms with Gasteiger partial charge in [-0.1, -0.05) is 0 Å². The van der Waals surface area contributed by atoms with Crippen LogP contribution in [0.5, 0.6) is 0 Å². The van der Waals surface area contributed by atoms with Gasteiger partial charge in [0.1, 0.15) is 16.5 Å². The van der Waals surface area contributed by atoms with Crippen LogP contribution in [0.2, 0.25) is 0 Å². The molecule has 7 nitrogen and oxygen atoms in total. The number of hydrazine groups is 1. The maximum Gasteiger partial charge on any atom is 0.243 e. The number of halogens is 2. The molecule has 4 N–H and O–H groups in total. The molecule has 0 atom stereocenters. The number of rotatable bonds is 5. The minimum atomic E-state index is -3.95. The van der Waals surface area contributed by atoms with Crippen molar-refractivity contribution in [1.82, 2.24) is 14.7 Å². The van der Waals surface area contributed by atoms with E-state index in [1.807, 2.05) is 0 Å². The predicted octanol–water partition coefficient (Wildman–Crippen LogP) is 0.519. The number of sulfonamides is 1.